The van der Waals surface area contributed by atoms with Gasteiger partial charge >= 0.3 is 0 Å². The van der Waals surface area contributed by atoms with Crippen LogP contribution in [0.1, 0.15) is 19.3 Å². The monoisotopic (exact) mass is 363 g/mol. The molecular formula is C19H29N3O4. The van der Waals surface area contributed by atoms with Crippen molar-refractivity contribution in [1.82, 2.24) is 14.7 Å². The molecule has 144 valence electrons. The summed E-state index contributed by atoms with van der Waals surface area (Å²) < 4.78 is 6.14. The molecule has 4 aliphatic heterocycles. The Balaban J connectivity index is 1.45. The van der Waals surface area contributed by atoms with Crippen molar-refractivity contribution in [3.05, 3.63) is 12.2 Å². The number of aliphatic hydroxyl groups is 1. The molecule has 1 N–H and O–H groups in total. The predicted molar refractivity (Wildman–Crippen MR) is 95.3 cm³/mol. The first-order valence-corrected chi connectivity index (χ1v) is 9.80. The number of nitrogens with zero attached hydrogens (tertiary/aromatic N) is 3. The molecule has 2 bridgehead atoms. The summed E-state index contributed by atoms with van der Waals surface area (Å²) >= 11 is 0. The van der Waals surface area contributed by atoms with Crippen LogP contribution in [0.15, 0.2) is 12.2 Å². The summed E-state index contributed by atoms with van der Waals surface area (Å²) in [5.41, 5.74) is -0.635. The molecule has 7 nitrogen and oxygen atoms in total. The van der Waals surface area contributed by atoms with Gasteiger partial charge in [0.2, 0.25) is 11.8 Å². The zero-order valence-electron chi connectivity index (χ0n) is 15.5. The third kappa shape index (κ3) is 2.86. The SMILES string of the molecule is CN(CCO)C(=O)[C@@H]1[C@@H]2C=C[C@@]3(CN(CCN4CCCCC4)C(=O)[C@@H]13)O2. The number of piperidine rings is 1. The van der Waals surface area contributed by atoms with Crippen LogP contribution in [-0.2, 0) is 14.3 Å². The first-order chi connectivity index (χ1) is 12.6. The van der Waals surface area contributed by atoms with E-state index in [-0.39, 0.29) is 31.1 Å². The summed E-state index contributed by atoms with van der Waals surface area (Å²) in [7, 11) is 1.68. The van der Waals surface area contributed by atoms with E-state index in [9.17, 15) is 9.59 Å². The molecule has 0 aliphatic carbocycles. The molecule has 4 aliphatic rings. The molecule has 0 saturated carbocycles. The number of amides is 2. The first-order valence-electron chi connectivity index (χ1n) is 9.80. The molecule has 0 aromatic carbocycles. The Kier molecular flexibility index (Phi) is 4.79. The Bertz CT molecular complexity index is 604. The smallest absolute Gasteiger partial charge is 0.230 e. The Morgan fingerprint density at radius 3 is 2.85 bits per heavy atom. The standard InChI is InChI=1S/C19H29N3O4/c1-20(11-12-23)17(24)15-14-5-6-19(26-14)13-22(18(25)16(15)19)10-9-21-7-3-2-4-8-21/h5-6,14-16,23H,2-4,7-13H2,1H3/t14-,15+,16+,19-/m0/s1. The maximum absolute atomic E-state index is 13.1. The van der Waals surface area contributed by atoms with E-state index in [0.717, 1.165) is 19.6 Å². The van der Waals surface area contributed by atoms with Crippen LogP contribution in [0.3, 0.4) is 0 Å². The van der Waals surface area contributed by atoms with Gasteiger partial charge in [-0.05, 0) is 25.9 Å². The summed E-state index contributed by atoms with van der Waals surface area (Å²) in [6.07, 6.45) is 7.39. The molecule has 3 fully saturated rings. The Morgan fingerprint density at radius 1 is 1.35 bits per heavy atom. The van der Waals surface area contributed by atoms with Gasteiger partial charge in [0.15, 0.2) is 0 Å². The van der Waals surface area contributed by atoms with Gasteiger partial charge in [0.05, 0.1) is 31.1 Å². The van der Waals surface area contributed by atoms with E-state index in [4.69, 9.17) is 9.84 Å². The lowest BCUT2D eigenvalue weighted by Crippen LogP contribution is -2.45. The van der Waals surface area contributed by atoms with Gasteiger partial charge in [0.1, 0.15) is 5.60 Å². The quantitative estimate of drug-likeness (QED) is 0.657. The molecule has 0 unspecified atom stereocenters. The molecule has 2 amide bonds. The van der Waals surface area contributed by atoms with E-state index in [1.54, 1.807) is 7.05 Å². The number of carbonyl (C=O) groups excluding carboxylic acids is 2. The van der Waals surface area contributed by atoms with Crippen molar-refractivity contribution in [3.8, 4) is 0 Å². The van der Waals surface area contributed by atoms with E-state index in [1.165, 1.54) is 24.2 Å². The number of hydrogen-bond donors (Lipinski definition) is 1. The third-order valence-corrected chi connectivity index (χ3v) is 6.41. The van der Waals surface area contributed by atoms with Crippen LogP contribution in [0.25, 0.3) is 0 Å². The number of likely N-dealkylation sites (tertiary alicyclic amines) is 2. The molecule has 0 radical (unpaired) electrons. The van der Waals surface area contributed by atoms with Crippen molar-refractivity contribution in [1.29, 1.82) is 0 Å². The van der Waals surface area contributed by atoms with E-state index in [1.807, 2.05) is 17.1 Å². The highest BCUT2D eigenvalue weighted by molar-refractivity contribution is 5.93. The van der Waals surface area contributed by atoms with Gasteiger partial charge in [-0.15, -0.1) is 0 Å². The minimum atomic E-state index is -0.635. The van der Waals surface area contributed by atoms with Crippen molar-refractivity contribution in [2.24, 2.45) is 11.8 Å². The number of aliphatic hydroxyl groups excluding tert-OH is 1. The zero-order chi connectivity index (χ0) is 18.3. The fourth-order valence-electron chi connectivity index (χ4n) is 5.01. The van der Waals surface area contributed by atoms with Gasteiger partial charge in [0, 0.05) is 26.7 Å². The van der Waals surface area contributed by atoms with Gasteiger partial charge in [-0.2, -0.15) is 0 Å². The molecular weight excluding hydrogens is 334 g/mol. The highest BCUT2D eigenvalue weighted by Gasteiger charge is 2.66. The summed E-state index contributed by atoms with van der Waals surface area (Å²) in [6.45, 7) is 4.56. The second-order valence-electron chi connectivity index (χ2n) is 8.05. The number of ether oxygens (including phenoxy) is 1. The average molecular weight is 363 g/mol. The number of fused-ring (bicyclic) bond motifs is 1. The van der Waals surface area contributed by atoms with Gasteiger partial charge < -0.3 is 24.5 Å². The highest BCUT2D eigenvalue weighted by atomic mass is 16.5. The number of likely N-dealkylation sites (N-methyl/N-ethyl adjacent to an activating group) is 1. The lowest BCUT2D eigenvalue weighted by molar-refractivity contribution is -0.142. The molecule has 3 saturated heterocycles. The maximum Gasteiger partial charge on any atom is 0.230 e. The van der Waals surface area contributed by atoms with Gasteiger partial charge in [-0.1, -0.05) is 18.6 Å². The van der Waals surface area contributed by atoms with Crippen LogP contribution >= 0.6 is 0 Å². The van der Waals surface area contributed by atoms with Crippen LogP contribution in [0.4, 0.5) is 0 Å². The summed E-state index contributed by atoms with van der Waals surface area (Å²) in [5, 5.41) is 9.12. The van der Waals surface area contributed by atoms with Crippen molar-refractivity contribution >= 4 is 11.8 Å². The molecule has 7 heteroatoms. The minimum Gasteiger partial charge on any atom is -0.395 e. The molecule has 26 heavy (non-hydrogen) atoms. The van der Waals surface area contributed by atoms with Crippen LogP contribution in [0, 0.1) is 11.8 Å². The Labute approximate surface area is 154 Å². The van der Waals surface area contributed by atoms with Crippen molar-refractivity contribution in [3.63, 3.8) is 0 Å². The van der Waals surface area contributed by atoms with Gasteiger partial charge in [-0.3, -0.25) is 9.59 Å². The topological polar surface area (TPSA) is 73.3 Å². The van der Waals surface area contributed by atoms with Gasteiger partial charge in [0.25, 0.3) is 0 Å². The number of carbonyl (C=O) groups is 2. The van der Waals surface area contributed by atoms with E-state index in [2.05, 4.69) is 4.90 Å². The second-order valence-corrected chi connectivity index (χ2v) is 8.05. The molecule has 4 atom stereocenters. The Hall–Kier alpha value is -1.44. The lowest BCUT2D eigenvalue weighted by Gasteiger charge is -2.29. The van der Waals surface area contributed by atoms with E-state index >= 15 is 0 Å². The number of hydrogen-bond acceptors (Lipinski definition) is 5. The predicted octanol–water partition coefficient (Wildman–Crippen LogP) is -0.295. The van der Waals surface area contributed by atoms with Crippen molar-refractivity contribution < 1.29 is 19.4 Å². The highest BCUT2D eigenvalue weighted by Crippen LogP contribution is 2.52. The fourth-order valence-corrected chi connectivity index (χ4v) is 5.01. The summed E-state index contributed by atoms with van der Waals surface area (Å²) in [5.74, 6) is -0.951. The van der Waals surface area contributed by atoms with Crippen LogP contribution in [-0.4, -0.2) is 96.2 Å². The Morgan fingerprint density at radius 2 is 2.12 bits per heavy atom. The molecule has 1 spiro atoms. The van der Waals surface area contributed by atoms with Crippen LogP contribution in [0.5, 0.6) is 0 Å². The fraction of sp³-hybridized carbons (Fsp3) is 0.789. The normalized spacial score (nSPS) is 36.0. The zero-order valence-corrected chi connectivity index (χ0v) is 15.5. The summed E-state index contributed by atoms with van der Waals surface area (Å²) in [6, 6.07) is 0. The molecule has 0 aromatic heterocycles. The maximum atomic E-state index is 13.1. The average Bonchev–Trinajstić information content (AvgIpc) is 3.29. The number of rotatable bonds is 6. The summed E-state index contributed by atoms with van der Waals surface area (Å²) in [4.78, 5) is 31.8. The molecule has 0 aromatic rings. The van der Waals surface area contributed by atoms with Crippen molar-refractivity contribution in [2.45, 2.75) is 31.0 Å². The van der Waals surface area contributed by atoms with E-state index in [0.29, 0.717) is 13.1 Å². The second kappa shape index (κ2) is 6.94. The molecule has 4 heterocycles. The van der Waals surface area contributed by atoms with E-state index < -0.39 is 17.4 Å². The van der Waals surface area contributed by atoms with Gasteiger partial charge in [-0.25, -0.2) is 0 Å². The third-order valence-electron chi connectivity index (χ3n) is 6.41. The van der Waals surface area contributed by atoms with Crippen LogP contribution in [0.2, 0.25) is 0 Å². The molecule has 4 rings (SSSR count). The van der Waals surface area contributed by atoms with Crippen molar-refractivity contribution in [2.75, 3.05) is 52.9 Å². The lowest BCUT2D eigenvalue weighted by atomic mass is 9.76. The largest absolute Gasteiger partial charge is 0.395 e. The minimum absolute atomic E-state index is 0.0459. The first kappa shape index (κ1) is 17.9. The van der Waals surface area contributed by atoms with Crippen LogP contribution < -0.4 is 0 Å².